The van der Waals surface area contributed by atoms with Gasteiger partial charge >= 0.3 is 5.97 Å². The van der Waals surface area contributed by atoms with Gasteiger partial charge in [0.15, 0.2) is 0 Å². The molecule has 0 saturated carbocycles. The van der Waals surface area contributed by atoms with Crippen molar-refractivity contribution in [1.82, 2.24) is 14.7 Å². The fraction of sp³-hybridized carbons (Fsp3) is 0.615. The maximum absolute atomic E-state index is 12.3. The van der Waals surface area contributed by atoms with E-state index in [-0.39, 0.29) is 12.5 Å². The quantitative estimate of drug-likeness (QED) is 0.845. The average Bonchev–Trinajstić information content (AvgIpc) is 2.65. The monoisotopic (exact) mass is 267 g/mol. The van der Waals surface area contributed by atoms with Crippen LogP contribution in [0, 0.1) is 13.8 Å². The molecule has 0 unspecified atom stereocenters. The lowest BCUT2D eigenvalue weighted by molar-refractivity contribution is -0.145. The van der Waals surface area contributed by atoms with Crippen molar-refractivity contribution >= 4 is 11.9 Å². The number of rotatable bonds is 6. The number of carboxylic acid groups (broad SMARTS) is 1. The second-order valence-corrected chi connectivity index (χ2v) is 4.70. The molecule has 0 aliphatic heterocycles. The van der Waals surface area contributed by atoms with E-state index < -0.39 is 12.0 Å². The second kappa shape index (κ2) is 6.36. The number of carbonyl (C=O) groups is 2. The smallest absolute Gasteiger partial charge is 0.323 e. The van der Waals surface area contributed by atoms with Crippen LogP contribution in [0.2, 0.25) is 0 Å². The molecule has 0 spiro atoms. The van der Waals surface area contributed by atoms with E-state index in [1.54, 1.807) is 11.6 Å². The maximum atomic E-state index is 12.3. The zero-order valence-electron chi connectivity index (χ0n) is 11.9. The van der Waals surface area contributed by atoms with E-state index in [4.69, 9.17) is 5.11 Å². The summed E-state index contributed by atoms with van der Waals surface area (Å²) in [5.41, 5.74) is 1.74. The first-order valence-corrected chi connectivity index (χ1v) is 6.40. The third kappa shape index (κ3) is 3.81. The lowest BCUT2D eigenvalue weighted by atomic mass is 10.2. The van der Waals surface area contributed by atoms with Crippen molar-refractivity contribution in [2.75, 3.05) is 13.1 Å². The van der Waals surface area contributed by atoms with Crippen molar-refractivity contribution in [3.63, 3.8) is 0 Å². The maximum Gasteiger partial charge on any atom is 0.323 e. The molecule has 0 aromatic carbocycles. The Morgan fingerprint density at radius 3 is 2.53 bits per heavy atom. The summed E-state index contributed by atoms with van der Waals surface area (Å²) >= 11 is 0. The summed E-state index contributed by atoms with van der Waals surface area (Å²) in [6.45, 7) is 7.57. The summed E-state index contributed by atoms with van der Waals surface area (Å²) in [5.74, 6) is -1.21. The summed E-state index contributed by atoms with van der Waals surface area (Å²) in [7, 11) is 0. The first-order chi connectivity index (χ1) is 8.86. The number of carbonyl (C=O) groups excluding carboxylic acids is 1. The number of amides is 1. The van der Waals surface area contributed by atoms with Gasteiger partial charge in [-0.3, -0.25) is 14.3 Å². The van der Waals surface area contributed by atoms with E-state index in [1.807, 2.05) is 26.8 Å². The van der Waals surface area contributed by atoms with Crippen LogP contribution >= 0.6 is 0 Å². The summed E-state index contributed by atoms with van der Waals surface area (Å²) in [5, 5.41) is 13.1. The molecule has 1 atom stereocenters. The van der Waals surface area contributed by atoms with Crippen molar-refractivity contribution < 1.29 is 14.7 Å². The Morgan fingerprint density at radius 1 is 1.47 bits per heavy atom. The van der Waals surface area contributed by atoms with Crippen LogP contribution in [0.5, 0.6) is 0 Å². The van der Waals surface area contributed by atoms with Gasteiger partial charge in [0.25, 0.3) is 0 Å². The van der Waals surface area contributed by atoms with Crippen molar-refractivity contribution in [1.29, 1.82) is 0 Å². The number of aromatic nitrogens is 2. The SMILES string of the molecule is CCCN(CC(=O)O)C(=O)[C@H](C)n1nc(C)cc1C. The third-order valence-electron chi connectivity index (χ3n) is 2.90. The van der Waals surface area contributed by atoms with Crippen molar-refractivity contribution in [2.45, 2.75) is 40.2 Å². The summed E-state index contributed by atoms with van der Waals surface area (Å²) in [6, 6.07) is 1.41. The molecule has 6 heteroatoms. The standard InChI is InChI=1S/C13H21N3O3/c1-5-6-15(8-12(17)18)13(19)11(4)16-10(3)7-9(2)14-16/h7,11H,5-6,8H2,1-4H3,(H,17,18)/t11-/m0/s1. The molecule has 1 N–H and O–H groups in total. The number of aliphatic carboxylic acids is 1. The molecule has 0 bridgehead atoms. The molecule has 1 aromatic heterocycles. The second-order valence-electron chi connectivity index (χ2n) is 4.70. The fourth-order valence-electron chi connectivity index (χ4n) is 2.11. The van der Waals surface area contributed by atoms with Crippen molar-refractivity contribution in [3.8, 4) is 0 Å². The molecule has 0 fully saturated rings. The highest BCUT2D eigenvalue weighted by atomic mass is 16.4. The Balaban J connectivity index is 2.89. The van der Waals surface area contributed by atoms with Gasteiger partial charge in [-0.05, 0) is 33.3 Å². The van der Waals surface area contributed by atoms with Gasteiger partial charge in [0.2, 0.25) is 5.91 Å². The van der Waals surface area contributed by atoms with E-state index in [2.05, 4.69) is 5.10 Å². The number of hydrogen-bond donors (Lipinski definition) is 1. The van der Waals surface area contributed by atoms with E-state index in [0.29, 0.717) is 6.54 Å². The normalized spacial score (nSPS) is 12.2. The minimum Gasteiger partial charge on any atom is -0.480 e. The number of aryl methyl sites for hydroxylation is 2. The van der Waals surface area contributed by atoms with Crippen LogP contribution in [0.1, 0.15) is 37.7 Å². The Kier molecular flexibility index (Phi) is 5.09. The Hall–Kier alpha value is -1.85. The molecule has 6 nitrogen and oxygen atoms in total. The topological polar surface area (TPSA) is 75.4 Å². The van der Waals surface area contributed by atoms with Crippen molar-refractivity contribution in [2.24, 2.45) is 0 Å². The van der Waals surface area contributed by atoms with Gasteiger partial charge < -0.3 is 10.0 Å². The molecule has 0 aliphatic rings. The molecular formula is C13H21N3O3. The molecule has 1 amide bonds. The van der Waals surface area contributed by atoms with Gasteiger partial charge in [-0.15, -0.1) is 0 Å². The van der Waals surface area contributed by atoms with E-state index in [9.17, 15) is 9.59 Å². The predicted octanol–water partition coefficient (Wildman–Crippen LogP) is 1.38. The Labute approximate surface area is 113 Å². The largest absolute Gasteiger partial charge is 0.480 e. The minimum atomic E-state index is -0.998. The highest BCUT2D eigenvalue weighted by Crippen LogP contribution is 2.14. The zero-order valence-corrected chi connectivity index (χ0v) is 11.9. The van der Waals surface area contributed by atoms with Gasteiger partial charge in [-0.2, -0.15) is 5.10 Å². The number of hydrogen-bond acceptors (Lipinski definition) is 3. The lowest BCUT2D eigenvalue weighted by Gasteiger charge is -2.24. The average molecular weight is 267 g/mol. The first kappa shape index (κ1) is 15.2. The summed E-state index contributed by atoms with van der Waals surface area (Å²) in [4.78, 5) is 24.5. The van der Waals surface area contributed by atoms with Crippen molar-refractivity contribution in [3.05, 3.63) is 17.5 Å². The van der Waals surface area contributed by atoms with Crippen LogP contribution in [0.3, 0.4) is 0 Å². The molecule has 1 heterocycles. The van der Waals surface area contributed by atoms with Crippen LogP contribution in [0.15, 0.2) is 6.07 Å². The van der Waals surface area contributed by atoms with E-state index >= 15 is 0 Å². The molecule has 106 valence electrons. The predicted molar refractivity (Wildman–Crippen MR) is 70.9 cm³/mol. The van der Waals surface area contributed by atoms with Crippen LogP contribution in [0.25, 0.3) is 0 Å². The van der Waals surface area contributed by atoms with Gasteiger partial charge in [0.1, 0.15) is 12.6 Å². The molecule has 0 radical (unpaired) electrons. The molecule has 0 saturated heterocycles. The first-order valence-electron chi connectivity index (χ1n) is 6.40. The van der Waals surface area contributed by atoms with Gasteiger partial charge in [-0.25, -0.2) is 0 Å². The lowest BCUT2D eigenvalue weighted by Crippen LogP contribution is -2.40. The number of nitrogens with zero attached hydrogens (tertiary/aromatic N) is 3. The molecule has 1 rings (SSSR count). The number of carboxylic acids is 1. The molecule has 19 heavy (non-hydrogen) atoms. The zero-order chi connectivity index (χ0) is 14.6. The van der Waals surface area contributed by atoms with E-state index in [1.165, 1.54) is 4.90 Å². The Morgan fingerprint density at radius 2 is 2.11 bits per heavy atom. The van der Waals surface area contributed by atoms with E-state index in [0.717, 1.165) is 17.8 Å². The molecular weight excluding hydrogens is 246 g/mol. The third-order valence-corrected chi connectivity index (χ3v) is 2.90. The van der Waals surface area contributed by atoms with Gasteiger partial charge in [-0.1, -0.05) is 6.92 Å². The summed E-state index contributed by atoms with van der Waals surface area (Å²) in [6.07, 6.45) is 0.725. The highest BCUT2D eigenvalue weighted by Gasteiger charge is 2.24. The molecule has 0 aliphatic carbocycles. The van der Waals surface area contributed by atoms with Gasteiger partial charge in [0.05, 0.1) is 5.69 Å². The minimum absolute atomic E-state index is 0.213. The fourth-order valence-corrected chi connectivity index (χ4v) is 2.11. The highest BCUT2D eigenvalue weighted by molar-refractivity contribution is 5.84. The Bertz CT molecular complexity index is 468. The summed E-state index contributed by atoms with van der Waals surface area (Å²) < 4.78 is 1.64. The molecule has 1 aromatic rings. The van der Waals surface area contributed by atoms with Crippen LogP contribution in [-0.2, 0) is 9.59 Å². The van der Waals surface area contributed by atoms with Crippen LogP contribution in [-0.4, -0.2) is 44.8 Å². The van der Waals surface area contributed by atoms with Crippen LogP contribution < -0.4 is 0 Å². The van der Waals surface area contributed by atoms with Gasteiger partial charge in [0, 0.05) is 12.2 Å². The van der Waals surface area contributed by atoms with Crippen LogP contribution in [0.4, 0.5) is 0 Å².